The summed E-state index contributed by atoms with van der Waals surface area (Å²) in [6, 6.07) is 14.6. The third-order valence-electron chi connectivity index (χ3n) is 2.67. The van der Waals surface area contributed by atoms with Gasteiger partial charge < -0.3 is 10.3 Å². The van der Waals surface area contributed by atoms with E-state index in [0.29, 0.717) is 22.4 Å². The summed E-state index contributed by atoms with van der Waals surface area (Å²) in [5, 5.41) is 4.58. The highest BCUT2D eigenvalue weighted by Crippen LogP contribution is 2.24. The standard InChI is InChI=1S/C14H10ClN3O/c15-11-3-1-2-10(8-11)14-17-13(18-19-14)9-4-6-12(16)7-5-9/h1-8H,16H2. The molecule has 0 bridgehead atoms. The van der Waals surface area contributed by atoms with Crippen LogP contribution in [0, 0.1) is 0 Å². The van der Waals surface area contributed by atoms with Gasteiger partial charge in [-0.1, -0.05) is 22.8 Å². The zero-order valence-electron chi connectivity index (χ0n) is 9.88. The van der Waals surface area contributed by atoms with Crippen LogP contribution in [0.25, 0.3) is 22.8 Å². The third kappa shape index (κ3) is 2.44. The summed E-state index contributed by atoms with van der Waals surface area (Å²) < 4.78 is 5.24. The van der Waals surface area contributed by atoms with Crippen LogP contribution in [0.1, 0.15) is 0 Å². The van der Waals surface area contributed by atoms with Crippen molar-refractivity contribution < 1.29 is 4.52 Å². The smallest absolute Gasteiger partial charge is 0.258 e. The predicted octanol–water partition coefficient (Wildman–Crippen LogP) is 3.64. The Labute approximate surface area is 114 Å². The molecule has 0 atom stereocenters. The van der Waals surface area contributed by atoms with Crippen LogP contribution >= 0.6 is 11.6 Å². The number of nitrogens with two attached hydrogens (primary N) is 1. The van der Waals surface area contributed by atoms with Crippen LogP contribution in [0.4, 0.5) is 5.69 Å². The van der Waals surface area contributed by atoms with Crippen LogP contribution in [0.15, 0.2) is 53.1 Å². The Kier molecular flexibility index (Phi) is 2.93. The van der Waals surface area contributed by atoms with Gasteiger partial charge in [0.25, 0.3) is 5.89 Å². The van der Waals surface area contributed by atoms with Gasteiger partial charge in [-0.2, -0.15) is 4.98 Å². The molecule has 0 saturated heterocycles. The highest BCUT2D eigenvalue weighted by Gasteiger charge is 2.10. The van der Waals surface area contributed by atoms with Crippen molar-refractivity contribution >= 4 is 17.3 Å². The number of aromatic nitrogens is 2. The maximum absolute atomic E-state index is 5.93. The van der Waals surface area contributed by atoms with Crippen molar-refractivity contribution in [1.29, 1.82) is 0 Å². The van der Waals surface area contributed by atoms with E-state index in [1.807, 2.05) is 24.3 Å². The third-order valence-corrected chi connectivity index (χ3v) is 2.90. The molecule has 0 aliphatic rings. The number of anilines is 1. The van der Waals surface area contributed by atoms with Gasteiger partial charge in [-0.25, -0.2) is 0 Å². The van der Waals surface area contributed by atoms with Crippen molar-refractivity contribution in [2.24, 2.45) is 0 Å². The summed E-state index contributed by atoms with van der Waals surface area (Å²) in [5.74, 6) is 0.962. The number of rotatable bonds is 2. The Bertz CT molecular complexity index is 707. The quantitative estimate of drug-likeness (QED) is 0.723. The minimum Gasteiger partial charge on any atom is -0.399 e. The molecule has 1 heterocycles. The molecule has 5 heteroatoms. The fourth-order valence-electron chi connectivity index (χ4n) is 1.71. The van der Waals surface area contributed by atoms with Crippen molar-refractivity contribution in [1.82, 2.24) is 10.1 Å². The van der Waals surface area contributed by atoms with Crippen molar-refractivity contribution in [2.75, 3.05) is 5.73 Å². The molecular formula is C14H10ClN3O. The van der Waals surface area contributed by atoms with E-state index in [1.165, 1.54) is 0 Å². The molecule has 2 N–H and O–H groups in total. The largest absolute Gasteiger partial charge is 0.399 e. The van der Waals surface area contributed by atoms with E-state index in [9.17, 15) is 0 Å². The van der Waals surface area contributed by atoms with Gasteiger partial charge >= 0.3 is 0 Å². The van der Waals surface area contributed by atoms with Crippen LogP contribution in [-0.4, -0.2) is 10.1 Å². The molecule has 2 aromatic carbocycles. The van der Waals surface area contributed by atoms with Gasteiger partial charge in [0, 0.05) is 21.8 Å². The number of halogens is 1. The Morgan fingerprint density at radius 3 is 2.53 bits per heavy atom. The Hall–Kier alpha value is -2.33. The second kappa shape index (κ2) is 4.74. The Balaban J connectivity index is 1.97. The van der Waals surface area contributed by atoms with E-state index >= 15 is 0 Å². The van der Waals surface area contributed by atoms with Gasteiger partial charge in [-0.3, -0.25) is 0 Å². The zero-order valence-corrected chi connectivity index (χ0v) is 10.6. The van der Waals surface area contributed by atoms with E-state index in [2.05, 4.69) is 10.1 Å². The number of hydrogen-bond acceptors (Lipinski definition) is 4. The van der Waals surface area contributed by atoms with E-state index < -0.39 is 0 Å². The summed E-state index contributed by atoms with van der Waals surface area (Å²) in [4.78, 5) is 4.34. The van der Waals surface area contributed by atoms with Gasteiger partial charge in [-0.05, 0) is 42.5 Å². The number of hydrogen-bond donors (Lipinski definition) is 1. The topological polar surface area (TPSA) is 64.9 Å². The maximum atomic E-state index is 5.93. The lowest BCUT2D eigenvalue weighted by molar-refractivity contribution is 0.432. The normalized spacial score (nSPS) is 10.6. The number of nitrogens with zero attached hydrogens (tertiary/aromatic N) is 2. The first kappa shape index (κ1) is 11.7. The van der Waals surface area contributed by atoms with Gasteiger partial charge in [0.05, 0.1) is 0 Å². The summed E-state index contributed by atoms with van der Waals surface area (Å²) in [5.41, 5.74) is 7.98. The Morgan fingerprint density at radius 2 is 1.79 bits per heavy atom. The first-order valence-electron chi connectivity index (χ1n) is 5.68. The fraction of sp³-hybridized carbons (Fsp3) is 0. The first-order chi connectivity index (χ1) is 9.22. The lowest BCUT2D eigenvalue weighted by atomic mass is 10.2. The van der Waals surface area contributed by atoms with Crippen molar-refractivity contribution in [3.8, 4) is 22.8 Å². The molecule has 1 aromatic heterocycles. The van der Waals surface area contributed by atoms with Crippen LogP contribution in [-0.2, 0) is 0 Å². The molecule has 0 aliphatic carbocycles. The van der Waals surface area contributed by atoms with Gasteiger partial charge in [0.15, 0.2) is 0 Å². The van der Waals surface area contributed by atoms with Crippen LogP contribution in [0.2, 0.25) is 5.02 Å². The van der Waals surface area contributed by atoms with E-state index in [0.717, 1.165) is 11.1 Å². The first-order valence-corrected chi connectivity index (χ1v) is 6.06. The molecule has 3 rings (SSSR count). The lowest BCUT2D eigenvalue weighted by Crippen LogP contribution is -1.85. The average Bonchev–Trinajstić information content (AvgIpc) is 2.89. The van der Waals surface area contributed by atoms with Crippen LogP contribution in [0.5, 0.6) is 0 Å². The minimum absolute atomic E-state index is 0.439. The van der Waals surface area contributed by atoms with Gasteiger partial charge in [-0.15, -0.1) is 0 Å². The minimum atomic E-state index is 0.439. The summed E-state index contributed by atoms with van der Waals surface area (Å²) in [6.07, 6.45) is 0. The fourth-order valence-corrected chi connectivity index (χ4v) is 1.90. The second-order valence-corrected chi connectivity index (χ2v) is 4.49. The average molecular weight is 272 g/mol. The molecule has 0 saturated carbocycles. The maximum Gasteiger partial charge on any atom is 0.258 e. The van der Waals surface area contributed by atoms with Crippen LogP contribution < -0.4 is 5.73 Å². The molecule has 0 spiro atoms. The van der Waals surface area contributed by atoms with Gasteiger partial charge in [0.2, 0.25) is 5.82 Å². The molecule has 0 fully saturated rings. The summed E-state index contributed by atoms with van der Waals surface area (Å²) in [7, 11) is 0. The molecule has 3 aromatic rings. The molecule has 94 valence electrons. The monoisotopic (exact) mass is 271 g/mol. The van der Waals surface area contributed by atoms with Crippen molar-refractivity contribution in [2.45, 2.75) is 0 Å². The van der Waals surface area contributed by atoms with Crippen molar-refractivity contribution in [3.63, 3.8) is 0 Å². The van der Waals surface area contributed by atoms with Crippen LogP contribution in [0.3, 0.4) is 0 Å². The molecule has 0 aliphatic heterocycles. The van der Waals surface area contributed by atoms with E-state index in [-0.39, 0.29) is 0 Å². The van der Waals surface area contributed by atoms with E-state index in [1.54, 1.807) is 24.3 Å². The second-order valence-electron chi connectivity index (χ2n) is 4.06. The summed E-state index contributed by atoms with van der Waals surface area (Å²) >= 11 is 5.93. The number of benzene rings is 2. The Morgan fingerprint density at radius 1 is 1.00 bits per heavy atom. The molecule has 19 heavy (non-hydrogen) atoms. The summed E-state index contributed by atoms with van der Waals surface area (Å²) in [6.45, 7) is 0. The zero-order chi connectivity index (χ0) is 13.2. The molecule has 4 nitrogen and oxygen atoms in total. The highest BCUT2D eigenvalue weighted by atomic mass is 35.5. The molecule has 0 radical (unpaired) electrons. The molecular weight excluding hydrogens is 262 g/mol. The van der Waals surface area contributed by atoms with Gasteiger partial charge in [0.1, 0.15) is 0 Å². The lowest BCUT2D eigenvalue weighted by Gasteiger charge is -1.95. The SMILES string of the molecule is Nc1ccc(-c2noc(-c3cccc(Cl)c3)n2)cc1. The molecule has 0 amide bonds. The predicted molar refractivity (Wildman–Crippen MR) is 74.6 cm³/mol. The highest BCUT2D eigenvalue weighted by molar-refractivity contribution is 6.30. The number of nitrogen functional groups attached to an aromatic ring is 1. The van der Waals surface area contributed by atoms with E-state index in [4.69, 9.17) is 21.9 Å². The molecule has 0 unspecified atom stereocenters. The van der Waals surface area contributed by atoms with Crippen molar-refractivity contribution in [3.05, 3.63) is 53.6 Å².